The molecule has 3 atom stereocenters. The number of fused-ring (bicyclic) bond motifs is 5. The second kappa shape index (κ2) is 11.9. The summed E-state index contributed by atoms with van der Waals surface area (Å²) < 4.78 is 6.46. The maximum Gasteiger partial charge on any atom is 0.204 e. The molecule has 2 aliphatic rings. The molecule has 2 aromatic rings. The minimum Gasteiger partial charge on any atom is -0.504 e. The summed E-state index contributed by atoms with van der Waals surface area (Å²) in [7, 11) is 0. The lowest BCUT2D eigenvalue weighted by Gasteiger charge is -2.60. The zero-order chi connectivity index (χ0) is 31.9. The molecule has 0 radical (unpaired) electrons. The van der Waals surface area contributed by atoms with Crippen molar-refractivity contribution in [1.29, 1.82) is 0 Å². The predicted molar refractivity (Wildman–Crippen MR) is 175 cm³/mol. The lowest BCUT2D eigenvalue weighted by Crippen LogP contribution is -2.68. The Hall–Kier alpha value is -3.47. The van der Waals surface area contributed by atoms with E-state index in [1.807, 2.05) is 39.8 Å². The van der Waals surface area contributed by atoms with E-state index >= 15 is 4.79 Å². The Kier molecular flexibility index (Phi) is 8.98. The number of hydrogen-bond donors (Lipinski definition) is 1. The van der Waals surface area contributed by atoms with Gasteiger partial charge in [0.2, 0.25) is 5.43 Å². The number of rotatable bonds is 9. The van der Waals surface area contributed by atoms with E-state index in [1.165, 1.54) is 17.2 Å². The van der Waals surface area contributed by atoms with E-state index in [0.717, 1.165) is 24.0 Å². The van der Waals surface area contributed by atoms with Gasteiger partial charge in [0.05, 0.1) is 16.2 Å². The average Bonchev–Trinajstić information content (AvgIpc) is 2.91. The summed E-state index contributed by atoms with van der Waals surface area (Å²) in [5.41, 5.74) is 0.830. The monoisotopic (exact) mass is 584 g/mol. The molecule has 0 aliphatic heterocycles. The zero-order valence-electron chi connectivity index (χ0n) is 27.4. The van der Waals surface area contributed by atoms with Gasteiger partial charge in [0.1, 0.15) is 11.3 Å². The van der Waals surface area contributed by atoms with Crippen LogP contribution in [0.4, 0.5) is 0 Å². The fourth-order valence-electron chi connectivity index (χ4n) is 7.22. The van der Waals surface area contributed by atoms with Gasteiger partial charge >= 0.3 is 0 Å². The Morgan fingerprint density at radius 3 is 2.16 bits per heavy atom. The minimum absolute atomic E-state index is 0.0214. The summed E-state index contributed by atoms with van der Waals surface area (Å²) >= 11 is 0. The summed E-state index contributed by atoms with van der Waals surface area (Å²) in [6.45, 7) is 18.5. The van der Waals surface area contributed by atoms with Gasteiger partial charge in [-0.1, -0.05) is 66.5 Å². The molecule has 0 unspecified atom stereocenters. The van der Waals surface area contributed by atoms with E-state index in [4.69, 9.17) is 4.42 Å². The van der Waals surface area contributed by atoms with Gasteiger partial charge in [0, 0.05) is 0 Å². The number of hydrogen-bond acceptors (Lipinski definition) is 5. The minimum atomic E-state index is -1.37. The SMILES string of the molecule is CC(C)=CCC/C(C)=C/C[C@@H]1C[C@]2(CC=C(C)C)C(=O)c3c(oc4c(O)cccc4c3=O)[C@](CC=C(C)C)(C2=O)C1(C)C. The topological polar surface area (TPSA) is 84.6 Å². The summed E-state index contributed by atoms with van der Waals surface area (Å²) in [6, 6.07) is 4.61. The van der Waals surface area contributed by atoms with E-state index in [0.29, 0.717) is 19.3 Å². The summed E-state index contributed by atoms with van der Waals surface area (Å²) in [4.78, 5) is 44.0. The molecule has 5 heteroatoms. The quantitative estimate of drug-likeness (QED) is 0.234. The molecular formula is C38H48O5. The zero-order valence-corrected chi connectivity index (χ0v) is 27.4. The van der Waals surface area contributed by atoms with Gasteiger partial charge in [-0.05, 0) is 110 Å². The molecule has 0 amide bonds. The lowest BCUT2D eigenvalue weighted by atomic mass is 9.40. The van der Waals surface area contributed by atoms with Crippen LogP contribution < -0.4 is 5.43 Å². The Morgan fingerprint density at radius 2 is 1.53 bits per heavy atom. The van der Waals surface area contributed by atoms with Gasteiger partial charge in [-0.2, -0.15) is 0 Å². The highest BCUT2D eigenvalue weighted by atomic mass is 16.4. The maximum absolute atomic E-state index is 15.2. The number of Topliss-reactive ketones (excluding diaryl/α,β-unsaturated/α-hetero) is 2. The van der Waals surface area contributed by atoms with Crippen LogP contribution in [0.15, 0.2) is 74.0 Å². The number of phenolic OH excluding ortho intramolecular Hbond substituents is 1. The first-order valence-corrected chi connectivity index (χ1v) is 15.5. The highest BCUT2D eigenvalue weighted by Crippen LogP contribution is 2.65. The first-order chi connectivity index (χ1) is 20.1. The number of aromatic hydroxyl groups is 1. The van der Waals surface area contributed by atoms with E-state index in [1.54, 1.807) is 12.1 Å². The van der Waals surface area contributed by atoms with Crippen LogP contribution >= 0.6 is 0 Å². The first-order valence-electron chi connectivity index (χ1n) is 15.5. The van der Waals surface area contributed by atoms with Crippen LogP contribution in [0.2, 0.25) is 0 Å². The molecule has 1 heterocycles. The second-order valence-corrected chi connectivity index (χ2v) is 14.1. The van der Waals surface area contributed by atoms with Gasteiger partial charge in [-0.25, -0.2) is 0 Å². The fraction of sp³-hybridized carbons (Fsp3) is 0.500. The molecule has 5 nitrogen and oxygen atoms in total. The van der Waals surface area contributed by atoms with E-state index in [9.17, 15) is 14.7 Å². The van der Waals surface area contributed by atoms with E-state index in [2.05, 4.69) is 46.8 Å². The molecule has 1 aromatic heterocycles. The third-order valence-corrected chi connectivity index (χ3v) is 10.0. The molecule has 1 fully saturated rings. The first kappa shape index (κ1) is 32.4. The molecule has 2 aliphatic carbocycles. The molecular weight excluding hydrogens is 536 g/mol. The average molecular weight is 585 g/mol. The van der Waals surface area contributed by atoms with Crippen LogP contribution in [-0.2, 0) is 10.2 Å². The van der Waals surface area contributed by atoms with Crippen molar-refractivity contribution in [3.05, 3.63) is 86.3 Å². The van der Waals surface area contributed by atoms with Crippen molar-refractivity contribution in [2.75, 3.05) is 0 Å². The van der Waals surface area contributed by atoms with Crippen molar-refractivity contribution >= 4 is 22.5 Å². The van der Waals surface area contributed by atoms with Crippen molar-refractivity contribution in [3.63, 3.8) is 0 Å². The van der Waals surface area contributed by atoms with Crippen LogP contribution in [0.25, 0.3) is 11.0 Å². The summed E-state index contributed by atoms with van der Waals surface area (Å²) in [6.07, 6.45) is 12.1. The highest BCUT2D eigenvalue weighted by molar-refractivity contribution is 6.23. The predicted octanol–water partition coefficient (Wildman–Crippen LogP) is 9.33. The van der Waals surface area contributed by atoms with Gasteiger partial charge in [0.15, 0.2) is 22.9 Å². The second-order valence-electron chi connectivity index (χ2n) is 14.1. The summed E-state index contributed by atoms with van der Waals surface area (Å²) in [5, 5.41) is 10.9. The molecule has 1 aromatic carbocycles. The van der Waals surface area contributed by atoms with Crippen molar-refractivity contribution < 1.29 is 19.1 Å². The van der Waals surface area contributed by atoms with Crippen molar-refractivity contribution in [2.45, 2.75) is 106 Å². The van der Waals surface area contributed by atoms with Crippen LogP contribution in [-0.4, -0.2) is 16.7 Å². The smallest absolute Gasteiger partial charge is 0.204 e. The Bertz CT molecular complexity index is 1630. The number of ketones is 2. The third-order valence-electron chi connectivity index (χ3n) is 10.0. The molecule has 43 heavy (non-hydrogen) atoms. The standard InChI is InChI=1S/C38H48O5/c1-23(2)12-10-13-26(7)16-17-27-22-37(20-18-24(3)4)33(41)30-31(40)28-14-11-15-29(39)32(28)43-34(30)38(35(37)42,36(27,8)9)21-19-25(5)6/h11-12,14-16,18-19,27,39H,10,13,17,20-22H2,1-9H3/b26-16+/t27-,37-,38-/m1/s1. The number of benzene rings is 1. The largest absolute Gasteiger partial charge is 0.504 e. The Labute approximate surface area is 256 Å². The Morgan fingerprint density at radius 1 is 0.907 bits per heavy atom. The lowest BCUT2D eigenvalue weighted by molar-refractivity contribution is -0.151. The maximum atomic E-state index is 15.2. The number of allylic oxidation sites excluding steroid dienone is 8. The molecule has 1 N–H and O–H groups in total. The molecule has 230 valence electrons. The highest BCUT2D eigenvalue weighted by Gasteiger charge is 2.72. The van der Waals surface area contributed by atoms with Crippen molar-refractivity contribution in [3.8, 4) is 5.75 Å². The summed E-state index contributed by atoms with van der Waals surface area (Å²) in [5.74, 6) is -0.721. The van der Waals surface area contributed by atoms with Crippen LogP contribution in [0, 0.1) is 16.7 Å². The van der Waals surface area contributed by atoms with Crippen molar-refractivity contribution in [2.24, 2.45) is 16.7 Å². The number of para-hydroxylation sites is 1. The number of phenols is 1. The normalized spacial score (nSPS) is 24.4. The van der Waals surface area contributed by atoms with Crippen LogP contribution in [0.5, 0.6) is 5.75 Å². The van der Waals surface area contributed by atoms with Gasteiger partial charge in [0.25, 0.3) is 0 Å². The van der Waals surface area contributed by atoms with E-state index in [-0.39, 0.29) is 46.2 Å². The van der Waals surface area contributed by atoms with Gasteiger partial charge < -0.3 is 9.52 Å². The Balaban J connectivity index is 2.05. The fourth-order valence-corrected chi connectivity index (χ4v) is 7.22. The third kappa shape index (κ3) is 5.41. The van der Waals surface area contributed by atoms with Gasteiger partial charge in [-0.3, -0.25) is 14.4 Å². The van der Waals surface area contributed by atoms with Gasteiger partial charge in [-0.15, -0.1) is 0 Å². The van der Waals surface area contributed by atoms with Crippen molar-refractivity contribution in [1.82, 2.24) is 0 Å². The molecule has 1 saturated carbocycles. The molecule has 0 spiro atoms. The number of carbonyl (C=O) groups excluding carboxylic acids is 2. The molecule has 2 bridgehead atoms. The molecule has 4 rings (SSSR count). The van der Waals surface area contributed by atoms with Crippen LogP contribution in [0.1, 0.15) is 117 Å². The van der Waals surface area contributed by atoms with E-state index < -0.39 is 27.5 Å². The van der Waals surface area contributed by atoms with Crippen LogP contribution in [0.3, 0.4) is 0 Å². The molecule has 0 saturated heterocycles. The number of carbonyl (C=O) groups is 2.